The Kier molecular flexibility index (Phi) is 6.39. The molecule has 0 aliphatic carbocycles. The summed E-state index contributed by atoms with van der Waals surface area (Å²) in [4.78, 5) is 13.9. The first kappa shape index (κ1) is 14.7. The Morgan fingerprint density at radius 1 is 1.39 bits per heavy atom. The van der Waals surface area contributed by atoms with E-state index in [1.807, 2.05) is 37.3 Å². The monoisotopic (exact) mass is 250 g/mol. The van der Waals surface area contributed by atoms with Crippen LogP contribution in [0.2, 0.25) is 0 Å². The number of benzene rings is 1. The SMILES string of the molecule is CCC(CN)C(=O)N(CCO)Cc1ccccc1. The molecule has 1 unspecified atom stereocenters. The fourth-order valence-corrected chi connectivity index (χ4v) is 1.89. The Bertz CT molecular complexity index is 350. The highest BCUT2D eigenvalue weighted by Crippen LogP contribution is 2.10. The van der Waals surface area contributed by atoms with E-state index in [9.17, 15) is 4.79 Å². The van der Waals surface area contributed by atoms with Crippen molar-refractivity contribution >= 4 is 5.91 Å². The van der Waals surface area contributed by atoms with Gasteiger partial charge in [0.2, 0.25) is 5.91 Å². The molecule has 100 valence electrons. The summed E-state index contributed by atoms with van der Waals surface area (Å²) < 4.78 is 0. The van der Waals surface area contributed by atoms with Gasteiger partial charge in [0.1, 0.15) is 0 Å². The second kappa shape index (κ2) is 7.84. The molecule has 0 aliphatic heterocycles. The highest BCUT2D eigenvalue weighted by molar-refractivity contribution is 5.79. The lowest BCUT2D eigenvalue weighted by atomic mass is 10.0. The van der Waals surface area contributed by atoms with E-state index in [-0.39, 0.29) is 18.4 Å². The Morgan fingerprint density at radius 3 is 2.56 bits per heavy atom. The van der Waals surface area contributed by atoms with E-state index < -0.39 is 0 Å². The fraction of sp³-hybridized carbons (Fsp3) is 0.500. The molecule has 1 atom stereocenters. The van der Waals surface area contributed by atoms with Gasteiger partial charge < -0.3 is 15.7 Å². The quantitative estimate of drug-likeness (QED) is 0.758. The Morgan fingerprint density at radius 2 is 2.06 bits per heavy atom. The minimum atomic E-state index is -0.153. The standard InChI is InChI=1S/C14H22N2O2/c1-2-13(10-15)14(18)16(8-9-17)11-12-6-4-3-5-7-12/h3-7,13,17H,2,8-11,15H2,1H3. The highest BCUT2D eigenvalue weighted by atomic mass is 16.3. The van der Waals surface area contributed by atoms with Crippen molar-refractivity contribution in [2.45, 2.75) is 19.9 Å². The maximum Gasteiger partial charge on any atom is 0.227 e. The highest BCUT2D eigenvalue weighted by Gasteiger charge is 2.21. The van der Waals surface area contributed by atoms with E-state index in [4.69, 9.17) is 10.8 Å². The minimum Gasteiger partial charge on any atom is -0.395 e. The van der Waals surface area contributed by atoms with E-state index in [1.54, 1.807) is 4.90 Å². The van der Waals surface area contributed by atoms with Crippen LogP contribution in [0, 0.1) is 5.92 Å². The molecule has 0 aliphatic rings. The van der Waals surface area contributed by atoms with Gasteiger partial charge in [-0.2, -0.15) is 0 Å². The third-order valence-electron chi connectivity index (χ3n) is 3.02. The van der Waals surface area contributed by atoms with Crippen LogP contribution in [-0.2, 0) is 11.3 Å². The van der Waals surface area contributed by atoms with Crippen molar-refractivity contribution in [2.24, 2.45) is 11.7 Å². The van der Waals surface area contributed by atoms with Crippen molar-refractivity contribution in [1.82, 2.24) is 4.90 Å². The number of aliphatic hydroxyl groups excluding tert-OH is 1. The van der Waals surface area contributed by atoms with Gasteiger partial charge in [-0.15, -0.1) is 0 Å². The predicted molar refractivity (Wildman–Crippen MR) is 71.8 cm³/mol. The Balaban J connectivity index is 2.73. The number of carbonyl (C=O) groups excluding carboxylic acids is 1. The zero-order valence-electron chi connectivity index (χ0n) is 10.9. The molecular formula is C14H22N2O2. The summed E-state index contributed by atoms with van der Waals surface area (Å²) in [7, 11) is 0. The van der Waals surface area contributed by atoms with E-state index in [0.29, 0.717) is 19.6 Å². The maximum atomic E-state index is 12.2. The van der Waals surface area contributed by atoms with Gasteiger partial charge in [0, 0.05) is 19.6 Å². The smallest absolute Gasteiger partial charge is 0.227 e. The summed E-state index contributed by atoms with van der Waals surface area (Å²) in [6.45, 7) is 3.15. The second-order valence-corrected chi connectivity index (χ2v) is 4.31. The molecule has 0 saturated heterocycles. The number of hydrogen-bond donors (Lipinski definition) is 2. The lowest BCUT2D eigenvalue weighted by Crippen LogP contribution is -2.40. The molecule has 4 heteroatoms. The lowest BCUT2D eigenvalue weighted by Gasteiger charge is -2.25. The van der Waals surface area contributed by atoms with E-state index in [0.717, 1.165) is 12.0 Å². The maximum absolute atomic E-state index is 12.2. The van der Waals surface area contributed by atoms with Crippen LogP contribution in [-0.4, -0.2) is 35.6 Å². The third kappa shape index (κ3) is 4.13. The molecule has 1 rings (SSSR count). The van der Waals surface area contributed by atoms with Crippen LogP contribution in [0.15, 0.2) is 30.3 Å². The number of nitrogens with two attached hydrogens (primary N) is 1. The number of aliphatic hydroxyl groups is 1. The molecule has 0 bridgehead atoms. The molecule has 4 nitrogen and oxygen atoms in total. The van der Waals surface area contributed by atoms with Gasteiger partial charge in [-0.3, -0.25) is 4.79 Å². The number of rotatable bonds is 7. The molecule has 0 heterocycles. The zero-order chi connectivity index (χ0) is 13.4. The van der Waals surface area contributed by atoms with Gasteiger partial charge in [0.05, 0.1) is 12.5 Å². The Hall–Kier alpha value is -1.39. The normalized spacial score (nSPS) is 12.2. The summed E-state index contributed by atoms with van der Waals surface area (Å²) in [5.74, 6) is -0.127. The molecule has 0 aromatic heterocycles. The first-order valence-electron chi connectivity index (χ1n) is 6.36. The van der Waals surface area contributed by atoms with Gasteiger partial charge in [-0.1, -0.05) is 37.3 Å². The van der Waals surface area contributed by atoms with Crippen LogP contribution >= 0.6 is 0 Å². The summed E-state index contributed by atoms with van der Waals surface area (Å²) in [5.41, 5.74) is 6.66. The summed E-state index contributed by atoms with van der Waals surface area (Å²) >= 11 is 0. The molecule has 0 spiro atoms. The van der Waals surface area contributed by atoms with Gasteiger partial charge in [0.15, 0.2) is 0 Å². The molecule has 0 radical (unpaired) electrons. The van der Waals surface area contributed by atoms with Crippen LogP contribution in [0.1, 0.15) is 18.9 Å². The molecule has 1 aromatic rings. The number of nitrogens with zero attached hydrogens (tertiary/aromatic N) is 1. The molecule has 0 fully saturated rings. The Labute approximate surface area is 108 Å². The summed E-state index contributed by atoms with van der Waals surface area (Å²) in [6, 6.07) is 9.77. The van der Waals surface area contributed by atoms with Crippen LogP contribution in [0.5, 0.6) is 0 Å². The van der Waals surface area contributed by atoms with Gasteiger partial charge >= 0.3 is 0 Å². The van der Waals surface area contributed by atoms with E-state index >= 15 is 0 Å². The van der Waals surface area contributed by atoms with Crippen molar-refractivity contribution in [1.29, 1.82) is 0 Å². The molecule has 1 amide bonds. The largest absolute Gasteiger partial charge is 0.395 e. The average Bonchev–Trinajstić information content (AvgIpc) is 2.40. The van der Waals surface area contributed by atoms with Crippen molar-refractivity contribution in [3.63, 3.8) is 0 Å². The molecule has 1 aromatic carbocycles. The van der Waals surface area contributed by atoms with Crippen molar-refractivity contribution in [2.75, 3.05) is 19.7 Å². The van der Waals surface area contributed by atoms with Crippen LogP contribution in [0.25, 0.3) is 0 Å². The first-order valence-corrected chi connectivity index (χ1v) is 6.36. The van der Waals surface area contributed by atoms with Crippen LogP contribution < -0.4 is 5.73 Å². The third-order valence-corrected chi connectivity index (χ3v) is 3.02. The number of amides is 1. The lowest BCUT2D eigenvalue weighted by molar-refractivity contribution is -0.136. The van der Waals surface area contributed by atoms with Gasteiger partial charge in [0.25, 0.3) is 0 Å². The van der Waals surface area contributed by atoms with E-state index in [2.05, 4.69) is 0 Å². The molecule has 3 N–H and O–H groups in total. The topological polar surface area (TPSA) is 66.6 Å². The van der Waals surface area contributed by atoms with Gasteiger partial charge in [-0.05, 0) is 12.0 Å². The second-order valence-electron chi connectivity index (χ2n) is 4.31. The fourth-order valence-electron chi connectivity index (χ4n) is 1.89. The zero-order valence-corrected chi connectivity index (χ0v) is 10.9. The predicted octanol–water partition coefficient (Wildman–Crippen LogP) is 0.992. The molecule has 18 heavy (non-hydrogen) atoms. The van der Waals surface area contributed by atoms with Gasteiger partial charge in [-0.25, -0.2) is 0 Å². The van der Waals surface area contributed by atoms with Crippen LogP contribution in [0.4, 0.5) is 0 Å². The molecular weight excluding hydrogens is 228 g/mol. The first-order chi connectivity index (χ1) is 8.72. The summed E-state index contributed by atoms with van der Waals surface area (Å²) in [5, 5.41) is 9.07. The van der Waals surface area contributed by atoms with Crippen LogP contribution in [0.3, 0.4) is 0 Å². The number of carbonyl (C=O) groups is 1. The van der Waals surface area contributed by atoms with E-state index in [1.165, 1.54) is 0 Å². The number of hydrogen-bond acceptors (Lipinski definition) is 3. The summed E-state index contributed by atoms with van der Waals surface area (Å²) in [6.07, 6.45) is 0.728. The molecule has 0 saturated carbocycles. The van der Waals surface area contributed by atoms with Crippen molar-refractivity contribution < 1.29 is 9.90 Å². The van der Waals surface area contributed by atoms with Crippen molar-refractivity contribution in [3.05, 3.63) is 35.9 Å². The average molecular weight is 250 g/mol. The van der Waals surface area contributed by atoms with Crippen molar-refractivity contribution in [3.8, 4) is 0 Å². The minimum absolute atomic E-state index is 0.0258.